The molecule has 0 unspecified atom stereocenters. The number of methoxy groups -OCH3 is 2. The van der Waals surface area contributed by atoms with Crippen LogP contribution in [-0.2, 0) is 11.3 Å². The molecule has 0 N–H and O–H groups in total. The van der Waals surface area contributed by atoms with Gasteiger partial charge < -0.3 is 23.5 Å². The Kier molecular flexibility index (Phi) is 6.40. The van der Waals surface area contributed by atoms with Crippen LogP contribution >= 0.6 is 0 Å². The Balaban J connectivity index is 1.51. The average molecular weight is 441 g/mol. The third-order valence-electron chi connectivity index (χ3n) is 4.48. The summed E-state index contributed by atoms with van der Waals surface area (Å²) in [5.41, 5.74) is 2.47. The van der Waals surface area contributed by atoms with Gasteiger partial charge >= 0.3 is 0 Å². The molecule has 4 aromatic heterocycles. The van der Waals surface area contributed by atoms with Crippen molar-refractivity contribution < 1.29 is 23.5 Å². The predicted octanol–water partition coefficient (Wildman–Crippen LogP) is 2.19. The fourth-order valence-corrected chi connectivity index (χ4v) is 2.93. The molecule has 0 aliphatic rings. The molecule has 0 fully saturated rings. The number of nitrogens with zero attached hydrogens (tertiary/aromatic N) is 7. The van der Waals surface area contributed by atoms with Crippen LogP contribution in [0, 0.1) is 13.8 Å². The molecule has 4 heterocycles. The van der Waals surface area contributed by atoms with Gasteiger partial charge in [-0.2, -0.15) is 4.52 Å². The molecule has 168 valence electrons. The van der Waals surface area contributed by atoms with Gasteiger partial charge in [-0.3, -0.25) is 0 Å². The van der Waals surface area contributed by atoms with Crippen LogP contribution in [0.4, 0.5) is 0 Å². The first-order chi connectivity index (χ1) is 15.6. The molecule has 0 spiro atoms. The molecule has 0 bridgehead atoms. The van der Waals surface area contributed by atoms with E-state index in [1.54, 1.807) is 26.2 Å². The normalized spacial score (nSPS) is 11.1. The summed E-state index contributed by atoms with van der Waals surface area (Å²) >= 11 is 0. The molecule has 4 rings (SSSR count). The number of fused-ring (bicyclic) bond motifs is 1. The summed E-state index contributed by atoms with van der Waals surface area (Å²) < 4.78 is 28.6. The van der Waals surface area contributed by atoms with Crippen LogP contribution in [0.2, 0.25) is 0 Å². The maximum Gasteiger partial charge on any atom is 0.275 e. The fraction of sp³-hybridized carbons (Fsp3) is 0.400. The Bertz CT molecular complexity index is 1210. The van der Waals surface area contributed by atoms with Crippen LogP contribution in [0.5, 0.6) is 17.5 Å². The van der Waals surface area contributed by atoms with E-state index in [1.807, 2.05) is 13.0 Å². The van der Waals surface area contributed by atoms with Crippen molar-refractivity contribution in [3.8, 4) is 29.0 Å². The lowest BCUT2D eigenvalue weighted by atomic mass is 10.3. The molecule has 0 aromatic carbocycles. The van der Waals surface area contributed by atoms with Gasteiger partial charge in [0.25, 0.3) is 5.88 Å². The molecule has 0 atom stereocenters. The standard InChI is InChI=1S/C20H23N7O5/c1-12-8-14(21-24-19(12)30-7-5-6-28-3)11-31-20-16(29-4)10-17-22-23-18(27(17)25-20)15-9-13(2)32-26-15/h8-10H,5-7,11H2,1-4H3. The van der Waals surface area contributed by atoms with Crippen molar-refractivity contribution in [2.75, 3.05) is 27.4 Å². The number of ether oxygens (including phenoxy) is 4. The van der Waals surface area contributed by atoms with E-state index in [2.05, 4.69) is 30.7 Å². The van der Waals surface area contributed by atoms with Crippen LogP contribution < -0.4 is 14.2 Å². The van der Waals surface area contributed by atoms with Gasteiger partial charge in [0.2, 0.25) is 11.7 Å². The first-order valence-electron chi connectivity index (χ1n) is 9.91. The van der Waals surface area contributed by atoms with Gasteiger partial charge in [0.05, 0.1) is 13.7 Å². The minimum atomic E-state index is 0.132. The van der Waals surface area contributed by atoms with Crippen molar-refractivity contribution in [1.82, 2.24) is 35.2 Å². The lowest BCUT2D eigenvalue weighted by molar-refractivity contribution is 0.169. The monoisotopic (exact) mass is 441 g/mol. The summed E-state index contributed by atoms with van der Waals surface area (Å²) in [6.45, 7) is 4.96. The Labute approximate surface area is 183 Å². The van der Waals surface area contributed by atoms with Gasteiger partial charge in [-0.1, -0.05) is 5.16 Å². The minimum absolute atomic E-state index is 0.132. The summed E-state index contributed by atoms with van der Waals surface area (Å²) in [4.78, 5) is 0. The highest BCUT2D eigenvalue weighted by Crippen LogP contribution is 2.28. The number of hydrogen-bond acceptors (Lipinski definition) is 11. The zero-order valence-electron chi connectivity index (χ0n) is 18.2. The van der Waals surface area contributed by atoms with Crippen LogP contribution in [0.3, 0.4) is 0 Å². The minimum Gasteiger partial charge on any atom is -0.491 e. The molecule has 0 aliphatic carbocycles. The highest BCUT2D eigenvalue weighted by atomic mass is 16.5. The topological polar surface area (TPSA) is 132 Å². The van der Waals surface area contributed by atoms with E-state index in [9.17, 15) is 0 Å². The fourth-order valence-electron chi connectivity index (χ4n) is 2.93. The van der Waals surface area contributed by atoms with E-state index in [0.29, 0.717) is 53.5 Å². The molecule has 0 saturated carbocycles. The molecule has 12 nitrogen and oxygen atoms in total. The maximum absolute atomic E-state index is 5.88. The van der Waals surface area contributed by atoms with Crippen molar-refractivity contribution in [3.63, 3.8) is 0 Å². The molecule has 0 saturated heterocycles. The highest BCUT2D eigenvalue weighted by Gasteiger charge is 2.18. The van der Waals surface area contributed by atoms with Crippen LogP contribution in [0.1, 0.15) is 23.4 Å². The van der Waals surface area contributed by atoms with Crippen LogP contribution in [-0.4, -0.2) is 62.6 Å². The molecular weight excluding hydrogens is 418 g/mol. The van der Waals surface area contributed by atoms with E-state index >= 15 is 0 Å². The number of rotatable bonds is 10. The third-order valence-corrected chi connectivity index (χ3v) is 4.48. The van der Waals surface area contributed by atoms with Crippen molar-refractivity contribution in [3.05, 3.63) is 35.2 Å². The molecular formula is C20H23N7O5. The van der Waals surface area contributed by atoms with E-state index < -0.39 is 0 Å². The summed E-state index contributed by atoms with van der Waals surface area (Å²) in [6, 6.07) is 5.28. The zero-order chi connectivity index (χ0) is 22.5. The summed E-state index contributed by atoms with van der Waals surface area (Å²) in [5, 5.41) is 25.0. The van der Waals surface area contributed by atoms with Gasteiger partial charge in [0.1, 0.15) is 18.1 Å². The van der Waals surface area contributed by atoms with Crippen LogP contribution in [0.15, 0.2) is 22.7 Å². The highest BCUT2D eigenvalue weighted by molar-refractivity contribution is 5.56. The van der Waals surface area contributed by atoms with Gasteiger partial charge in [0.15, 0.2) is 17.1 Å². The van der Waals surface area contributed by atoms with Crippen molar-refractivity contribution in [2.24, 2.45) is 0 Å². The Hall–Kier alpha value is -3.80. The van der Waals surface area contributed by atoms with E-state index in [-0.39, 0.29) is 12.5 Å². The predicted molar refractivity (Wildman–Crippen MR) is 111 cm³/mol. The van der Waals surface area contributed by atoms with Crippen molar-refractivity contribution >= 4 is 5.65 Å². The molecule has 12 heteroatoms. The Morgan fingerprint density at radius 1 is 0.938 bits per heavy atom. The number of aromatic nitrogens is 7. The Morgan fingerprint density at radius 3 is 2.53 bits per heavy atom. The number of hydrogen-bond donors (Lipinski definition) is 0. The molecule has 0 amide bonds. The average Bonchev–Trinajstić information content (AvgIpc) is 3.41. The van der Waals surface area contributed by atoms with E-state index in [1.165, 1.54) is 11.6 Å². The largest absolute Gasteiger partial charge is 0.491 e. The van der Waals surface area contributed by atoms with Gasteiger partial charge in [-0.25, -0.2) is 0 Å². The molecule has 0 radical (unpaired) electrons. The second-order valence-corrected chi connectivity index (χ2v) is 6.94. The first-order valence-corrected chi connectivity index (χ1v) is 9.91. The van der Waals surface area contributed by atoms with E-state index in [0.717, 1.165) is 12.0 Å². The Morgan fingerprint density at radius 2 is 1.81 bits per heavy atom. The molecule has 4 aromatic rings. The second kappa shape index (κ2) is 9.56. The third kappa shape index (κ3) is 4.59. The summed E-state index contributed by atoms with van der Waals surface area (Å²) in [6.07, 6.45) is 0.773. The van der Waals surface area contributed by atoms with Gasteiger partial charge in [-0.05, 0) is 19.9 Å². The van der Waals surface area contributed by atoms with Gasteiger partial charge in [-0.15, -0.1) is 25.5 Å². The van der Waals surface area contributed by atoms with Gasteiger partial charge in [0, 0.05) is 37.8 Å². The molecule has 32 heavy (non-hydrogen) atoms. The summed E-state index contributed by atoms with van der Waals surface area (Å²) in [7, 11) is 3.18. The molecule has 0 aliphatic heterocycles. The first kappa shape index (κ1) is 21.4. The zero-order valence-corrected chi connectivity index (χ0v) is 18.2. The van der Waals surface area contributed by atoms with E-state index in [4.69, 9.17) is 23.5 Å². The maximum atomic E-state index is 5.88. The lowest BCUT2D eigenvalue weighted by Gasteiger charge is -2.11. The SMILES string of the molecule is COCCCOc1nnc(COc2nn3c(-c4cc(C)on4)nnc3cc2OC)cc1C. The number of aryl methyl sites for hydroxylation is 2. The lowest BCUT2D eigenvalue weighted by Crippen LogP contribution is -2.08. The smallest absolute Gasteiger partial charge is 0.275 e. The van der Waals surface area contributed by atoms with Crippen LogP contribution in [0.25, 0.3) is 17.2 Å². The quantitative estimate of drug-likeness (QED) is 0.335. The second-order valence-electron chi connectivity index (χ2n) is 6.94. The van der Waals surface area contributed by atoms with Crippen molar-refractivity contribution in [2.45, 2.75) is 26.9 Å². The van der Waals surface area contributed by atoms with Crippen molar-refractivity contribution in [1.29, 1.82) is 0 Å². The summed E-state index contributed by atoms with van der Waals surface area (Å²) in [5.74, 6) is 2.23.